The van der Waals surface area contributed by atoms with Gasteiger partial charge >= 0.3 is 5.97 Å². The van der Waals surface area contributed by atoms with Crippen molar-refractivity contribution in [2.45, 2.75) is 24.3 Å². The van der Waals surface area contributed by atoms with Gasteiger partial charge in [0, 0.05) is 19.1 Å². The van der Waals surface area contributed by atoms with Crippen molar-refractivity contribution in [1.29, 1.82) is 0 Å². The number of nitrogens with zero attached hydrogens (tertiary/aromatic N) is 1. The molecule has 2 rings (SSSR count). The lowest BCUT2D eigenvalue weighted by molar-refractivity contribution is -0.139. The second kappa shape index (κ2) is 6.90. The number of carboxylic acids is 1. The fraction of sp³-hybridized carbons (Fsp3) is 0.286. The topological polar surface area (TPSA) is 130 Å². The number of carbonyl (C=O) groups is 1. The Kier molecular flexibility index (Phi) is 5.14. The third-order valence-corrected chi connectivity index (χ3v) is 4.58. The molecule has 9 heteroatoms. The zero-order valence-corrected chi connectivity index (χ0v) is 13.1. The molecule has 124 valence electrons. The lowest BCUT2D eigenvalue weighted by Crippen LogP contribution is -2.41. The number of benzene rings is 1. The molecule has 0 amide bonds. The molecule has 0 bridgehead atoms. The lowest BCUT2D eigenvalue weighted by atomic mass is 10.2. The maximum atomic E-state index is 12.2. The molecule has 8 nitrogen and oxygen atoms in total. The number of aliphatic hydroxyl groups is 1. The fourth-order valence-corrected chi connectivity index (χ4v) is 3.14. The molecule has 1 heterocycles. The van der Waals surface area contributed by atoms with Crippen LogP contribution in [-0.4, -0.2) is 42.2 Å². The van der Waals surface area contributed by atoms with E-state index in [1.165, 1.54) is 18.4 Å². The highest BCUT2D eigenvalue weighted by molar-refractivity contribution is 7.89. The highest BCUT2D eigenvalue weighted by Gasteiger charge is 2.24. The minimum atomic E-state index is -4.01. The van der Waals surface area contributed by atoms with Crippen molar-refractivity contribution >= 4 is 16.0 Å². The van der Waals surface area contributed by atoms with Gasteiger partial charge in [-0.3, -0.25) is 4.79 Å². The van der Waals surface area contributed by atoms with E-state index in [1.807, 2.05) is 0 Å². The van der Waals surface area contributed by atoms with Crippen LogP contribution in [0.4, 0.5) is 0 Å². The van der Waals surface area contributed by atoms with Crippen molar-refractivity contribution in [3.63, 3.8) is 0 Å². The zero-order chi connectivity index (χ0) is 17.0. The summed E-state index contributed by atoms with van der Waals surface area (Å²) in [5, 5.41) is 17.8. The van der Waals surface area contributed by atoms with E-state index >= 15 is 0 Å². The predicted molar refractivity (Wildman–Crippen MR) is 80.1 cm³/mol. The van der Waals surface area contributed by atoms with Gasteiger partial charge in [-0.25, -0.2) is 13.4 Å². The molecule has 23 heavy (non-hydrogen) atoms. The first-order chi connectivity index (χ1) is 10.8. The standard InChI is InChI=1S/C14H16N2O6S/c1-9-15-13(8-22-9)10-2-4-11(5-3-10)23(20,21)16-12(6-7-17)14(18)19/h2-5,8,12,16-17H,6-7H2,1H3,(H,18,19)/t12-/m1/s1. The second-order valence-corrected chi connectivity index (χ2v) is 6.51. The van der Waals surface area contributed by atoms with E-state index in [1.54, 1.807) is 19.1 Å². The van der Waals surface area contributed by atoms with Gasteiger partial charge in [0.15, 0.2) is 5.89 Å². The van der Waals surface area contributed by atoms with Gasteiger partial charge in [-0.2, -0.15) is 4.72 Å². The number of aliphatic hydroxyl groups excluding tert-OH is 1. The highest BCUT2D eigenvalue weighted by atomic mass is 32.2. The molecule has 0 fully saturated rings. The number of aromatic nitrogens is 1. The Balaban J connectivity index is 2.21. The molecule has 1 aromatic heterocycles. The molecular weight excluding hydrogens is 324 g/mol. The first-order valence-electron chi connectivity index (χ1n) is 6.72. The van der Waals surface area contributed by atoms with Crippen LogP contribution in [0, 0.1) is 6.92 Å². The van der Waals surface area contributed by atoms with E-state index in [-0.39, 0.29) is 11.3 Å². The van der Waals surface area contributed by atoms with Gasteiger partial charge in [0.05, 0.1) is 4.90 Å². The number of aryl methyl sites for hydroxylation is 1. The van der Waals surface area contributed by atoms with Crippen LogP contribution in [-0.2, 0) is 14.8 Å². The quantitative estimate of drug-likeness (QED) is 0.678. The van der Waals surface area contributed by atoms with Gasteiger partial charge in [0.25, 0.3) is 0 Å². The summed E-state index contributed by atoms with van der Waals surface area (Å²) < 4.78 is 31.5. The molecule has 0 aliphatic heterocycles. The number of hydrogen-bond donors (Lipinski definition) is 3. The zero-order valence-electron chi connectivity index (χ0n) is 12.3. The van der Waals surface area contributed by atoms with Crippen LogP contribution >= 0.6 is 0 Å². The Hall–Kier alpha value is -2.23. The fourth-order valence-electron chi connectivity index (χ4n) is 1.92. The van der Waals surface area contributed by atoms with Gasteiger partial charge in [-0.15, -0.1) is 0 Å². The van der Waals surface area contributed by atoms with Crippen LogP contribution in [0.1, 0.15) is 12.3 Å². The molecule has 1 aromatic carbocycles. The molecule has 1 atom stereocenters. The van der Waals surface area contributed by atoms with Gasteiger partial charge in [-0.05, 0) is 18.6 Å². The Morgan fingerprint density at radius 2 is 2.00 bits per heavy atom. The molecule has 0 spiro atoms. The van der Waals surface area contributed by atoms with Crippen LogP contribution in [0.5, 0.6) is 0 Å². The van der Waals surface area contributed by atoms with E-state index in [9.17, 15) is 13.2 Å². The largest absolute Gasteiger partial charge is 0.480 e. The summed E-state index contributed by atoms with van der Waals surface area (Å²) in [6, 6.07) is 4.41. The Morgan fingerprint density at radius 1 is 1.35 bits per heavy atom. The minimum absolute atomic E-state index is 0.0781. The smallest absolute Gasteiger partial charge is 0.321 e. The summed E-state index contributed by atoms with van der Waals surface area (Å²) in [4.78, 5) is 15.0. The maximum Gasteiger partial charge on any atom is 0.321 e. The van der Waals surface area contributed by atoms with Crippen molar-refractivity contribution in [2.75, 3.05) is 6.61 Å². The van der Waals surface area contributed by atoms with Crippen LogP contribution in [0.2, 0.25) is 0 Å². The van der Waals surface area contributed by atoms with Crippen LogP contribution in [0.25, 0.3) is 11.3 Å². The van der Waals surface area contributed by atoms with Gasteiger partial charge in [0.2, 0.25) is 10.0 Å². The minimum Gasteiger partial charge on any atom is -0.480 e. The number of rotatable bonds is 7. The number of oxazole rings is 1. The van der Waals surface area contributed by atoms with E-state index in [0.29, 0.717) is 17.1 Å². The summed E-state index contributed by atoms with van der Waals surface area (Å²) in [7, 11) is -4.01. The SMILES string of the molecule is Cc1nc(-c2ccc(S(=O)(=O)N[C@H](CCO)C(=O)O)cc2)co1. The number of sulfonamides is 1. The third-order valence-electron chi connectivity index (χ3n) is 3.09. The third kappa shape index (κ3) is 4.15. The second-order valence-electron chi connectivity index (χ2n) is 4.80. The predicted octanol–water partition coefficient (Wildman–Crippen LogP) is 0.764. The normalized spacial score (nSPS) is 13.0. The Bertz CT molecular complexity index is 782. The summed E-state index contributed by atoms with van der Waals surface area (Å²) in [5.41, 5.74) is 1.24. The van der Waals surface area contributed by atoms with Gasteiger partial charge in [-0.1, -0.05) is 12.1 Å². The summed E-state index contributed by atoms with van der Waals surface area (Å²) in [6.07, 6.45) is 1.24. The van der Waals surface area contributed by atoms with Crippen LogP contribution < -0.4 is 4.72 Å². The van der Waals surface area contributed by atoms with Crippen molar-refractivity contribution in [3.8, 4) is 11.3 Å². The van der Waals surface area contributed by atoms with Crippen molar-refractivity contribution in [1.82, 2.24) is 9.71 Å². The molecule has 0 unspecified atom stereocenters. The summed E-state index contributed by atoms with van der Waals surface area (Å²) in [5.74, 6) is -0.857. The number of hydrogen-bond acceptors (Lipinski definition) is 6. The van der Waals surface area contributed by atoms with Crippen molar-refractivity contribution < 1.29 is 27.8 Å². The van der Waals surface area contributed by atoms with Crippen LogP contribution in [0.3, 0.4) is 0 Å². The van der Waals surface area contributed by atoms with Gasteiger partial charge in [0.1, 0.15) is 18.0 Å². The molecule has 0 aliphatic rings. The molecule has 0 saturated carbocycles. The van der Waals surface area contributed by atoms with E-state index < -0.39 is 28.6 Å². The maximum absolute atomic E-state index is 12.2. The average Bonchev–Trinajstić information content (AvgIpc) is 2.93. The summed E-state index contributed by atoms with van der Waals surface area (Å²) >= 11 is 0. The van der Waals surface area contributed by atoms with E-state index in [2.05, 4.69) is 9.71 Å². The van der Waals surface area contributed by atoms with Crippen LogP contribution in [0.15, 0.2) is 39.8 Å². The molecule has 2 aromatic rings. The summed E-state index contributed by atoms with van der Waals surface area (Å²) in [6.45, 7) is 1.25. The molecule has 0 aliphatic carbocycles. The monoisotopic (exact) mass is 340 g/mol. The van der Waals surface area contributed by atoms with Crippen molar-refractivity contribution in [3.05, 3.63) is 36.4 Å². The van der Waals surface area contributed by atoms with Crippen molar-refractivity contribution in [2.24, 2.45) is 0 Å². The Morgan fingerprint density at radius 3 is 2.48 bits per heavy atom. The number of carboxylic acid groups (broad SMARTS) is 1. The number of aliphatic carboxylic acids is 1. The average molecular weight is 340 g/mol. The van der Waals surface area contributed by atoms with E-state index in [4.69, 9.17) is 14.6 Å². The molecule has 0 radical (unpaired) electrons. The lowest BCUT2D eigenvalue weighted by Gasteiger charge is -2.13. The first-order valence-corrected chi connectivity index (χ1v) is 8.20. The van der Waals surface area contributed by atoms with Gasteiger partial charge < -0.3 is 14.6 Å². The highest BCUT2D eigenvalue weighted by Crippen LogP contribution is 2.20. The van der Waals surface area contributed by atoms with E-state index in [0.717, 1.165) is 0 Å². The molecule has 0 saturated heterocycles. The Labute approximate surface area is 132 Å². The molecular formula is C14H16N2O6S. The molecule has 3 N–H and O–H groups in total. The number of nitrogens with one attached hydrogen (secondary N) is 1. The first kappa shape index (κ1) is 17.1.